The summed E-state index contributed by atoms with van der Waals surface area (Å²) in [5.74, 6) is -0.545. The van der Waals surface area contributed by atoms with Crippen molar-refractivity contribution in [3.05, 3.63) is 34.9 Å². The highest BCUT2D eigenvalue weighted by Gasteiger charge is 2.40. The lowest BCUT2D eigenvalue weighted by Crippen LogP contribution is -2.25. The predicted molar refractivity (Wildman–Crippen MR) is 99.4 cm³/mol. The van der Waals surface area contributed by atoms with E-state index in [0.29, 0.717) is 32.3 Å². The molecule has 132 valence electrons. The zero-order valence-electron chi connectivity index (χ0n) is 13.9. The SMILES string of the molecule is COC(=O)C1=C(C)C2C(=O)N=C(CSc3nnc4ccccn34)N=C2S1. The van der Waals surface area contributed by atoms with Crippen LogP contribution in [0.1, 0.15) is 6.92 Å². The maximum atomic E-state index is 12.4. The molecule has 0 fully saturated rings. The van der Waals surface area contributed by atoms with Gasteiger partial charge in [0.1, 0.15) is 11.8 Å². The van der Waals surface area contributed by atoms with Crippen LogP contribution in [0.4, 0.5) is 0 Å². The number of fused-ring (bicyclic) bond motifs is 2. The van der Waals surface area contributed by atoms with E-state index in [2.05, 4.69) is 20.2 Å². The molecule has 8 nitrogen and oxygen atoms in total. The highest BCUT2D eigenvalue weighted by molar-refractivity contribution is 8.18. The third-order valence-corrected chi connectivity index (χ3v) is 6.12. The molecule has 1 atom stereocenters. The van der Waals surface area contributed by atoms with Crippen LogP contribution in [-0.4, -0.2) is 50.2 Å². The maximum Gasteiger partial charge on any atom is 0.344 e. The number of aliphatic imine (C=N–C) groups is 2. The number of hydrogen-bond acceptors (Lipinski definition) is 8. The van der Waals surface area contributed by atoms with Crippen molar-refractivity contribution in [1.82, 2.24) is 14.6 Å². The second-order valence-electron chi connectivity index (χ2n) is 5.56. The molecule has 0 aliphatic carbocycles. The summed E-state index contributed by atoms with van der Waals surface area (Å²) in [6, 6.07) is 5.65. The molecule has 4 rings (SSSR count). The molecule has 0 radical (unpaired) electrons. The fourth-order valence-corrected chi connectivity index (χ4v) is 4.67. The van der Waals surface area contributed by atoms with E-state index >= 15 is 0 Å². The Morgan fingerprint density at radius 2 is 2.19 bits per heavy atom. The van der Waals surface area contributed by atoms with E-state index < -0.39 is 11.9 Å². The van der Waals surface area contributed by atoms with Gasteiger partial charge in [-0.25, -0.2) is 9.79 Å². The summed E-state index contributed by atoms with van der Waals surface area (Å²) in [5.41, 5.74) is 1.39. The van der Waals surface area contributed by atoms with Crippen molar-refractivity contribution < 1.29 is 14.3 Å². The van der Waals surface area contributed by atoms with Crippen LogP contribution in [0, 0.1) is 5.92 Å². The Bertz CT molecular complexity index is 1020. The average molecular weight is 387 g/mol. The lowest BCUT2D eigenvalue weighted by Gasteiger charge is -2.14. The Balaban J connectivity index is 1.53. The number of rotatable bonds is 4. The molecule has 2 aliphatic heterocycles. The van der Waals surface area contributed by atoms with Crippen LogP contribution in [-0.2, 0) is 14.3 Å². The Labute approximate surface area is 156 Å². The van der Waals surface area contributed by atoms with Crippen molar-refractivity contribution in [2.24, 2.45) is 15.9 Å². The van der Waals surface area contributed by atoms with Crippen molar-refractivity contribution in [3.8, 4) is 0 Å². The second kappa shape index (κ2) is 6.69. The van der Waals surface area contributed by atoms with Gasteiger partial charge in [0.2, 0.25) is 0 Å². The van der Waals surface area contributed by atoms with Gasteiger partial charge in [-0.3, -0.25) is 9.20 Å². The number of pyridine rings is 1. The zero-order valence-corrected chi connectivity index (χ0v) is 15.5. The second-order valence-corrected chi connectivity index (χ2v) is 7.53. The van der Waals surface area contributed by atoms with E-state index in [1.54, 1.807) is 6.92 Å². The van der Waals surface area contributed by atoms with Gasteiger partial charge in [0.15, 0.2) is 10.8 Å². The van der Waals surface area contributed by atoms with Crippen molar-refractivity contribution in [1.29, 1.82) is 0 Å². The Hall–Kier alpha value is -2.46. The molecule has 2 aromatic rings. The first kappa shape index (κ1) is 17.0. The summed E-state index contributed by atoms with van der Waals surface area (Å²) in [4.78, 5) is 33.2. The van der Waals surface area contributed by atoms with Gasteiger partial charge in [-0.1, -0.05) is 29.6 Å². The highest BCUT2D eigenvalue weighted by atomic mass is 32.2. The van der Waals surface area contributed by atoms with Gasteiger partial charge in [-0.2, -0.15) is 4.99 Å². The van der Waals surface area contributed by atoms with Crippen LogP contribution in [0.2, 0.25) is 0 Å². The smallest absolute Gasteiger partial charge is 0.344 e. The van der Waals surface area contributed by atoms with Gasteiger partial charge in [0, 0.05) is 6.20 Å². The number of amidine groups is 1. The predicted octanol–water partition coefficient (Wildman–Crippen LogP) is 1.97. The van der Waals surface area contributed by atoms with Gasteiger partial charge in [-0.15, -0.1) is 10.2 Å². The van der Waals surface area contributed by atoms with Gasteiger partial charge >= 0.3 is 5.97 Å². The summed E-state index contributed by atoms with van der Waals surface area (Å²) in [6.45, 7) is 1.74. The molecule has 0 aromatic carbocycles. The molecule has 10 heteroatoms. The molecule has 1 amide bonds. The van der Waals surface area contributed by atoms with Crippen molar-refractivity contribution in [3.63, 3.8) is 0 Å². The third kappa shape index (κ3) is 2.84. The van der Waals surface area contributed by atoms with Crippen LogP contribution in [0.15, 0.2) is 50.0 Å². The van der Waals surface area contributed by atoms with E-state index in [1.807, 2.05) is 28.8 Å². The maximum absolute atomic E-state index is 12.4. The molecule has 26 heavy (non-hydrogen) atoms. The number of hydrogen-bond donors (Lipinski definition) is 0. The zero-order chi connectivity index (χ0) is 18.3. The number of carbonyl (C=O) groups excluding carboxylic acids is 2. The molecule has 0 spiro atoms. The van der Waals surface area contributed by atoms with Gasteiger partial charge in [0.05, 0.1) is 22.8 Å². The fraction of sp³-hybridized carbons (Fsp3) is 0.250. The molecule has 0 saturated carbocycles. The van der Waals surface area contributed by atoms with Gasteiger partial charge in [-0.05, 0) is 24.6 Å². The Morgan fingerprint density at radius 1 is 1.35 bits per heavy atom. The minimum atomic E-state index is -0.572. The number of aromatic nitrogens is 3. The number of methoxy groups -OCH3 is 1. The molecule has 0 N–H and O–H groups in total. The van der Waals surface area contributed by atoms with E-state index in [1.165, 1.54) is 30.6 Å². The summed E-state index contributed by atoms with van der Waals surface area (Å²) in [5, 5.41) is 9.49. The van der Waals surface area contributed by atoms with Crippen LogP contribution in [0.25, 0.3) is 5.65 Å². The monoisotopic (exact) mass is 387 g/mol. The normalized spacial score (nSPS) is 19.5. The van der Waals surface area contributed by atoms with E-state index in [-0.39, 0.29) is 5.91 Å². The first-order chi connectivity index (χ1) is 12.6. The van der Waals surface area contributed by atoms with Crippen molar-refractivity contribution in [2.45, 2.75) is 12.1 Å². The number of ether oxygens (including phenoxy) is 1. The first-order valence-electron chi connectivity index (χ1n) is 7.68. The lowest BCUT2D eigenvalue weighted by atomic mass is 10.00. The summed E-state index contributed by atoms with van der Waals surface area (Å²) >= 11 is 2.58. The van der Waals surface area contributed by atoms with Crippen molar-refractivity contribution in [2.75, 3.05) is 12.9 Å². The van der Waals surface area contributed by atoms with Gasteiger partial charge in [0.25, 0.3) is 5.91 Å². The van der Waals surface area contributed by atoms with Crippen molar-refractivity contribution >= 4 is 51.9 Å². The van der Waals surface area contributed by atoms with E-state index in [0.717, 1.165) is 5.65 Å². The van der Waals surface area contributed by atoms with Crippen LogP contribution in [0.3, 0.4) is 0 Å². The molecular weight excluding hydrogens is 374 g/mol. The number of amides is 1. The molecule has 2 aromatic heterocycles. The van der Waals surface area contributed by atoms with Crippen LogP contribution < -0.4 is 0 Å². The minimum Gasteiger partial charge on any atom is -0.465 e. The first-order valence-corrected chi connectivity index (χ1v) is 9.48. The standard InChI is InChI=1S/C16H13N5O3S2/c1-8-11-13(22)17-9(18-14(11)26-12(8)15(23)24-2)7-25-16-20-19-10-5-3-4-6-21(10)16/h3-6,11H,7H2,1-2H3. The van der Waals surface area contributed by atoms with E-state index in [9.17, 15) is 9.59 Å². The summed E-state index contributed by atoms with van der Waals surface area (Å²) in [7, 11) is 1.32. The number of carbonyl (C=O) groups is 2. The largest absolute Gasteiger partial charge is 0.465 e. The minimum absolute atomic E-state index is 0.305. The topological polar surface area (TPSA) is 98.3 Å². The molecule has 1 unspecified atom stereocenters. The lowest BCUT2D eigenvalue weighted by molar-refractivity contribution is -0.135. The summed E-state index contributed by atoms with van der Waals surface area (Å²) in [6.07, 6.45) is 1.87. The molecule has 4 heterocycles. The molecular formula is C16H13N5O3S2. The number of nitrogens with zero attached hydrogens (tertiary/aromatic N) is 5. The Kier molecular flexibility index (Phi) is 4.37. The molecule has 2 aliphatic rings. The summed E-state index contributed by atoms with van der Waals surface area (Å²) < 4.78 is 6.62. The van der Waals surface area contributed by atoms with Crippen LogP contribution >= 0.6 is 23.5 Å². The van der Waals surface area contributed by atoms with Gasteiger partial charge < -0.3 is 4.74 Å². The van der Waals surface area contributed by atoms with Crippen LogP contribution in [0.5, 0.6) is 0 Å². The molecule has 0 bridgehead atoms. The highest BCUT2D eigenvalue weighted by Crippen LogP contribution is 2.41. The fourth-order valence-electron chi connectivity index (χ4n) is 2.69. The average Bonchev–Trinajstić information content (AvgIpc) is 3.21. The molecule has 0 saturated heterocycles. The number of thioether (sulfide) groups is 2. The van der Waals surface area contributed by atoms with E-state index in [4.69, 9.17) is 4.74 Å². The number of esters is 1. The quantitative estimate of drug-likeness (QED) is 0.584. The Morgan fingerprint density at radius 3 is 3.00 bits per heavy atom. The third-order valence-electron chi connectivity index (χ3n) is 3.95.